The number of para-hydroxylation sites is 1. The molecular weight excluding hydrogens is 480 g/mol. The van der Waals surface area contributed by atoms with Crippen LogP contribution in [-0.4, -0.2) is 41.6 Å². The summed E-state index contributed by atoms with van der Waals surface area (Å²) in [5, 5.41) is 4.25. The first-order valence-corrected chi connectivity index (χ1v) is 12.0. The number of pyridine rings is 1. The normalized spacial score (nSPS) is 11.7. The lowest BCUT2D eigenvalue weighted by atomic mass is 10.0. The molecule has 0 saturated heterocycles. The second kappa shape index (κ2) is 10.1. The Labute approximate surface area is 211 Å². The van der Waals surface area contributed by atoms with Crippen LogP contribution in [0.5, 0.6) is 0 Å². The average molecular weight is 505 g/mol. The molecule has 0 spiro atoms. The highest BCUT2D eigenvalue weighted by atomic mass is 35.5. The van der Waals surface area contributed by atoms with Gasteiger partial charge in [-0.15, -0.1) is 0 Å². The molecule has 2 aromatic carbocycles. The molecule has 1 N–H and O–H groups in total. The van der Waals surface area contributed by atoms with Gasteiger partial charge in [0.05, 0.1) is 11.1 Å². The van der Waals surface area contributed by atoms with Crippen molar-refractivity contribution in [2.75, 3.05) is 27.2 Å². The minimum Gasteiger partial charge on any atom is -0.411 e. The predicted molar refractivity (Wildman–Crippen MR) is 141 cm³/mol. The van der Waals surface area contributed by atoms with Crippen LogP contribution in [0.2, 0.25) is 5.15 Å². The van der Waals surface area contributed by atoms with Crippen LogP contribution in [0.3, 0.4) is 0 Å². The number of rotatable bonds is 8. The van der Waals surface area contributed by atoms with Crippen molar-refractivity contribution in [3.05, 3.63) is 92.2 Å². The van der Waals surface area contributed by atoms with E-state index in [2.05, 4.69) is 29.3 Å². The largest absolute Gasteiger partial charge is 0.424 e. The molecule has 0 fully saturated rings. The topological polar surface area (TPSA) is 93.5 Å². The van der Waals surface area contributed by atoms with E-state index in [-0.39, 0.29) is 16.4 Å². The average Bonchev–Trinajstić information content (AvgIpc) is 3.17. The Hall–Kier alpha value is -3.72. The Bertz CT molecular complexity index is 1640. The van der Waals surface area contributed by atoms with Crippen LogP contribution in [-0.2, 0) is 6.54 Å². The van der Waals surface area contributed by atoms with Gasteiger partial charge >= 0.3 is 11.3 Å². The maximum atomic E-state index is 12.1. The van der Waals surface area contributed by atoms with E-state index < -0.39 is 11.3 Å². The Morgan fingerprint density at radius 1 is 1.00 bits per heavy atom. The Morgan fingerprint density at radius 3 is 2.44 bits per heavy atom. The van der Waals surface area contributed by atoms with Crippen molar-refractivity contribution in [3.8, 4) is 16.8 Å². The fraction of sp³-hybridized carbons (Fsp3) is 0.222. The van der Waals surface area contributed by atoms with Crippen molar-refractivity contribution >= 4 is 33.9 Å². The fourth-order valence-corrected chi connectivity index (χ4v) is 4.43. The summed E-state index contributed by atoms with van der Waals surface area (Å²) in [6, 6.07) is 19.0. The molecule has 3 heterocycles. The smallest absolute Gasteiger partial charge is 0.411 e. The van der Waals surface area contributed by atoms with Gasteiger partial charge in [-0.1, -0.05) is 54.1 Å². The first kappa shape index (κ1) is 24.0. The third-order valence-corrected chi connectivity index (χ3v) is 6.12. The van der Waals surface area contributed by atoms with E-state index in [1.54, 1.807) is 10.6 Å². The van der Waals surface area contributed by atoms with E-state index in [1.165, 1.54) is 0 Å². The highest BCUT2D eigenvalue weighted by molar-refractivity contribution is 6.30. The summed E-state index contributed by atoms with van der Waals surface area (Å²) in [4.78, 5) is 30.9. The molecule has 5 rings (SSSR count). The zero-order chi connectivity index (χ0) is 25.2. The molecular formula is C27H25ClN4O4. The van der Waals surface area contributed by atoms with Crippen LogP contribution < -0.4 is 16.6 Å². The summed E-state index contributed by atoms with van der Waals surface area (Å²) in [6.45, 7) is 2.73. The SMILES string of the molecule is CN(C)CCCNCc1ccc(-c2cc(Cl)nc3c2c2oc(=O)c(=O)oc2n3-c2ccccc2)cc1. The second-order valence-corrected chi connectivity index (χ2v) is 9.19. The number of hydrogen-bond donors (Lipinski definition) is 1. The summed E-state index contributed by atoms with van der Waals surface area (Å²) in [5.41, 5.74) is 1.90. The lowest BCUT2D eigenvalue weighted by Gasteiger charge is -2.10. The van der Waals surface area contributed by atoms with Gasteiger partial charge in [0.25, 0.3) is 5.71 Å². The molecule has 9 heteroatoms. The Kier molecular flexibility index (Phi) is 6.73. The maximum absolute atomic E-state index is 12.1. The van der Waals surface area contributed by atoms with E-state index in [0.717, 1.165) is 37.2 Å². The number of aromatic nitrogens is 2. The van der Waals surface area contributed by atoms with Gasteiger partial charge in [-0.3, -0.25) is 4.57 Å². The van der Waals surface area contributed by atoms with Crippen molar-refractivity contribution in [2.45, 2.75) is 13.0 Å². The lowest BCUT2D eigenvalue weighted by Crippen LogP contribution is -2.21. The van der Waals surface area contributed by atoms with Gasteiger partial charge < -0.3 is 19.1 Å². The van der Waals surface area contributed by atoms with Gasteiger partial charge in [-0.05, 0) is 68.5 Å². The number of hydrogen-bond acceptors (Lipinski definition) is 7. The zero-order valence-corrected chi connectivity index (χ0v) is 20.7. The van der Waals surface area contributed by atoms with Crippen LogP contribution >= 0.6 is 11.6 Å². The van der Waals surface area contributed by atoms with Gasteiger partial charge in [0.2, 0.25) is 5.58 Å². The molecule has 184 valence electrons. The Balaban J connectivity index is 1.60. The standard InChI is InChI=1S/C27H25ClN4O4/c1-31(2)14-6-13-29-16-17-9-11-18(12-10-17)20-15-21(28)30-24-22(20)23-25(36-27(34)26(33)35-23)32(24)19-7-4-3-5-8-19/h3-5,7-12,15,29H,6,13-14,16H2,1-2H3. The highest BCUT2D eigenvalue weighted by Gasteiger charge is 2.23. The lowest BCUT2D eigenvalue weighted by molar-refractivity contribution is 0.394. The number of nitrogens with one attached hydrogen (secondary N) is 1. The van der Waals surface area contributed by atoms with Crippen LogP contribution in [0.4, 0.5) is 0 Å². The van der Waals surface area contributed by atoms with Gasteiger partial charge in [0, 0.05) is 6.54 Å². The minimum absolute atomic E-state index is 0.0929. The molecule has 0 aliphatic carbocycles. The van der Waals surface area contributed by atoms with Crippen LogP contribution in [0.25, 0.3) is 39.1 Å². The van der Waals surface area contributed by atoms with Crippen LogP contribution in [0.1, 0.15) is 12.0 Å². The van der Waals surface area contributed by atoms with Crippen molar-refractivity contribution in [3.63, 3.8) is 0 Å². The monoisotopic (exact) mass is 504 g/mol. The van der Waals surface area contributed by atoms with Gasteiger partial charge in [-0.2, -0.15) is 0 Å². The fourth-order valence-electron chi connectivity index (χ4n) is 4.24. The second-order valence-electron chi connectivity index (χ2n) is 8.81. The summed E-state index contributed by atoms with van der Waals surface area (Å²) >= 11 is 6.45. The summed E-state index contributed by atoms with van der Waals surface area (Å²) in [7, 11) is 4.13. The summed E-state index contributed by atoms with van der Waals surface area (Å²) in [6.07, 6.45) is 1.07. The van der Waals surface area contributed by atoms with Crippen molar-refractivity contribution in [1.29, 1.82) is 0 Å². The summed E-state index contributed by atoms with van der Waals surface area (Å²) < 4.78 is 12.5. The highest BCUT2D eigenvalue weighted by Crippen LogP contribution is 2.38. The predicted octanol–water partition coefficient (Wildman–Crippen LogP) is 4.45. The third kappa shape index (κ3) is 4.70. The molecule has 0 aliphatic heterocycles. The molecule has 36 heavy (non-hydrogen) atoms. The van der Waals surface area contributed by atoms with Gasteiger partial charge in [0.15, 0.2) is 5.65 Å². The van der Waals surface area contributed by atoms with Gasteiger partial charge in [0.1, 0.15) is 5.15 Å². The van der Waals surface area contributed by atoms with E-state index >= 15 is 0 Å². The van der Waals surface area contributed by atoms with Crippen LogP contribution in [0.15, 0.2) is 79.1 Å². The number of fused-ring (bicyclic) bond motifs is 3. The van der Waals surface area contributed by atoms with E-state index in [1.807, 2.05) is 54.6 Å². The number of benzene rings is 2. The third-order valence-electron chi connectivity index (χ3n) is 5.92. The van der Waals surface area contributed by atoms with E-state index in [0.29, 0.717) is 22.3 Å². The molecule has 0 atom stereocenters. The molecule has 5 aromatic rings. The quantitative estimate of drug-likeness (QED) is 0.189. The van der Waals surface area contributed by atoms with E-state index in [9.17, 15) is 9.59 Å². The number of halogens is 1. The minimum atomic E-state index is -1.09. The first-order chi connectivity index (χ1) is 17.4. The molecule has 0 aliphatic rings. The summed E-state index contributed by atoms with van der Waals surface area (Å²) in [5.74, 6) is 0. The molecule has 0 saturated carbocycles. The number of nitrogens with zero attached hydrogens (tertiary/aromatic N) is 3. The Morgan fingerprint density at radius 2 is 1.72 bits per heavy atom. The maximum Gasteiger partial charge on any atom is 0.424 e. The molecule has 0 unspecified atom stereocenters. The van der Waals surface area contributed by atoms with Crippen LogP contribution in [0, 0.1) is 0 Å². The molecule has 0 radical (unpaired) electrons. The van der Waals surface area contributed by atoms with Crippen molar-refractivity contribution in [2.24, 2.45) is 0 Å². The van der Waals surface area contributed by atoms with Crippen molar-refractivity contribution < 1.29 is 8.83 Å². The molecule has 0 amide bonds. The zero-order valence-electron chi connectivity index (χ0n) is 20.0. The van der Waals surface area contributed by atoms with Gasteiger partial charge in [-0.25, -0.2) is 14.6 Å². The molecule has 0 bridgehead atoms. The van der Waals surface area contributed by atoms with Crippen molar-refractivity contribution in [1.82, 2.24) is 19.8 Å². The first-order valence-electron chi connectivity index (χ1n) is 11.6. The molecule has 3 aromatic heterocycles. The molecule has 8 nitrogen and oxygen atoms in total. The van der Waals surface area contributed by atoms with E-state index in [4.69, 9.17) is 20.4 Å².